The largest absolute Gasteiger partial charge is 0.335 e. The van der Waals surface area contributed by atoms with E-state index in [0.29, 0.717) is 24.1 Å². The molecule has 1 aliphatic rings. The van der Waals surface area contributed by atoms with Gasteiger partial charge in [0.25, 0.3) is 5.91 Å². The summed E-state index contributed by atoms with van der Waals surface area (Å²) < 4.78 is 13.1. The van der Waals surface area contributed by atoms with E-state index in [0.717, 1.165) is 19.3 Å². The maximum absolute atomic E-state index is 13.1. The van der Waals surface area contributed by atoms with Crippen molar-refractivity contribution in [3.63, 3.8) is 0 Å². The summed E-state index contributed by atoms with van der Waals surface area (Å²) in [4.78, 5) is 25.7. The molecule has 0 radical (unpaired) electrons. The zero-order valence-electron chi connectivity index (χ0n) is 12.0. The van der Waals surface area contributed by atoms with Gasteiger partial charge >= 0.3 is 0 Å². The van der Waals surface area contributed by atoms with Crippen LogP contribution in [0.5, 0.6) is 0 Å². The lowest BCUT2D eigenvalue weighted by atomic mass is 9.96. The number of Topliss-reactive ketones (excluding diaryl/α,β-unsaturated/α-hetero) is 1. The number of carbonyl (C=O) groups is 2. The minimum Gasteiger partial charge on any atom is -0.335 e. The van der Waals surface area contributed by atoms with Crippen molar-refractivity contribution in [3.05, 3.63) is 35.1 Å². The highest BCUT2D eigenvalue weighted by Gasteiger charge is 2.28. The lowest BCUT2D eigenvalue weighted by molar-refractivity contribution is -0.118. The van der Waals surface area contributed by atoms with Gasteiger partial charge in [0, 0.05) is 24.6 Å². The molecule has 0 aliphatic carbocycles. The average molecular weight is 277 g/mol. The van der Waals surface area contributed by atoms with Crippen LogP contribution in [0.25, 0.3) is 0 Å². The summed E-state index contributed by atoms with van der Waals surface area (Å²) >= 11 is 0. The maximum Gasteiger partial charge on any atom is 0.254 e. The highest BCUT2D eigenvalue weighted by molar-refractivity contribution is 5.96. The van der Waals surface area contributed by atoms with Crippen molar-refractivity contribution in [2.75, 3.05) is 6.54 Å². The number of benzene rings is 1. The Kier molecular flexibility index (Phi) is 4.53. The zero-order valence-corrected chi connectivity index (χ0v) is 12.0. The fourth-order valence-electron chi connectivity index (χ4n) is 2.83. The Morgan fingerprint density at radius 2 is 2.10 bits per heavy atom. The Morgan fingerprint density at radius 3 is 2.75 bits per heavy atom. The molecule has 0 spiro atoms. The third-order valence-electron chi connectivity index (χ3n) is 3.83. The summed E-state index contributed by atoms with van der Waals surface area (Å²) in [6.45, 7) is 3.97. The van der Waals surface area contributed by atoms with Crippen LogP contribution in [0.2, 0.25) is 0 Å². The van der Waals surface area contributed by atoms with Crippen LogP contribution in [0, 0.1) is 12.7 Å². The molecule has 4 heteroatoms. The lowest BCUT2D eigenvalue weighted by Crippen LogP contribution is -2.44. The minimum atomic E-state index is -0.335. The van der Waals surface area contributed by atoms with Crippen LogP contribution in [-0.4, -0.2) is 29.2 Å². The fraction of sp³-hybridized carbons (Fsp3) is 0.500. The molecular weight excluding hydrogens is 257 g/mol. The first-order chi connectivity index (χ1) is 9.49. The quantitative estimate of drug-likeness (QED) is 0.851. The summed E-state index contributed by atoms with van der Waals surface area (Å²) in [7, 11) is 0. The number of nitrogens with zero attached hydrogens (tertiary/aromatic N) is 1. The highest BCUT2D eigenvalue weighted by Crippen LogP contribution is 2.23. The van der Waals surface area contributed by atoms with E-state index < -0.39 is 0 Å². The number of halogens is 1. The van der Waals surface area contributed by atoms with E-state index in [4.69, 9.17) is 0 Å². The molecule has 0 N–H and O–H groups in total. The van der Waals surface area contributed by atoms with Crippen LogP contribution in [0.1, 0.15) is 48.5 Å². The number of hydrogen-bond acceptors (Lipinski definition) is 2. The second kappa shape index (κ2) is 6.16. The standard InChI is InChI=1S/C16H20FNO2/c1-11-9-13(17)6-7-15(11)16(20)18-8-4-3-5-14(18)10-12(2)19/h6-7,9,14H,3-5,8,10H2,1-2H3. The van der Waals surface area contributed by atoms with Gasteiger partial charge < -0.3 is 4.90 Å². The SMILES string of the molecule is CC(=O)CC1CCCCN1C(=O)c1ccc(F)cc1C. The van der Waals surface area contributed by atoms with Crippen molar-refractivity contribution in [3.8, 4) is 0 Å². The van der Waals surface area contributed by atoms with E-state index in [2.05, 4.69) is 0 Å². The Labute approximate surface area is 118 Å². The van der Waals surface area contributed by atoms with Crippen LogP contribution < -0.4 is 0 Å². The molecule has 1 heterocycles. The van der Waals surface area contributed by atoms with Crippen LogP contribution in [0.3, 0.4) is 0 Å². The fourth-order valence-corrected chi connectivity index (χ4v) is 2.83. The molecule has 2 rings (SSSR count). The van der Waals surface area contributed by atoms with Gasteiger partial charge in [0.1, 0.15) is 11.6 Å². The Morgan fingerprint density at radius 1 is 1.35 bits per heavy atom. The molecule has 20 heavy (non-hydrogen) atoms. The topological polar surface area (TPSA) is 37.4 Å². The zero-order chi connectivity index (χ0) is 14.7. The van der Waals surface area contributed by atoms with Gasteiger partial charge in [0.05, 0.1) is 0 Å². The van der Waals surface area contributed by atoms with E-state index in [1.54, 1.807) is 18.7 Å². The molecule has 1 aromatic rings. The monoisotopic (exact) mass is 277 g/mol. The molecule has 3 nitrogen and oxygen atoms in total. The van der Waals surface area contributed by atoms with E-state index in [9.17, 15) is 14.0 Å². The minimum absolute atomic E-state index is 0.0156. The van der Waals surface area contributed by atoms with Gasteiger partial charge in [-0.1, -0.05) is 0 Å². The predicted molar refractivity (Wildman–Crippen MR) is 75.1 cm³/mol. The van der Waals surface area contributed by atoms with Gasteiger partial charge in [0.2, 0.25) is 0 Å². The van der Waals surface area contributed by atoms with Crippen molar-refractivity contribution >= 4 is 11.7 Å². The Hall–Kier alpha value is -1.71. The first-order valence-corrected chi connectivity index (χ1v) is 7.05. The average Bonchev–Trinajstić information content (AvgIpc) is 2.38. The van der Waals surface area contributed by atoms with Crippen molar-refractivity contribution in [1.82, 2.24) is 4.90 Å². The van der Waals surface area contributed by atoms with E-state index in [1.165, 1.54) is 18.2 Å². The number of piperidine rings is 1. The molecule has 0 aromatic heterocycles. The summed E-state index contributed by atoms with van der Waals surface area (Å²) in [5, 5.41) is 0. The summed E-state index contributed by atoms with van der Waals surface area (Å²) in [5.74, 6) is -0.322. The molecule has 0 bridgehead atoms. The summed E-state index contributed by atoms with van der Waals surface area (Å²) in [5.41, 5.74) is 1.17. The van der Waals surface area contributed by atoms with Crippen molar-refractivity contribution in [2.24, 2.45) is 0 Å². The van der Waals surface area contributed by atoms with Gasteiger partial charge in [-0.05, 0) is 56.9 Å². The molecule has 1 unspecified atom stereocenters. The van der Waals surface area contributed by atoms with Crippen molar-refractivity contribution < 1.29 is 14.0 Å². The van der Waals surface area contributed by atoms with E-state index in [1.807, 2.05) is 0 Å². The normalized spacial score (nSPS) is 18.9. The molecule has 1 amide bonds. The molecule has 0 saturated carbocycles. The molecule has 108 valence electrons. The molecule has 1 saturated heterocycles. The van der Waals surface area contributed by atoms with Gasteiger partial charge in [-0.3, -0.25) is 9.59 Å². The number of hydrogen-bond donors (Lipinski definition) is 0. The molecule has 1 atom stereocenters. The third kappa shape index (κ3) is 3.24. The molecule has 1 fully saturated rings. The highest BCUT2D eigenvalue weighted by atomic mass is 19.1. The number of likely N-dealkylation sites (tertiary alicyclic amines) is 1. The van der Waals surface area contributed by atoms with Gasteiger partial charge in [-0.2, -0.15) is 0 Å². The van der Waals surface area contributed by atoms with Gasteiger partial charge in [-0.15, -0.1) is 0 Å². The van der Waals surface area contributed by atoms with E-state index >= 15 is 0 Å². The van der Waals surface area contributed by atoms with Crippen LogP contribution in [0.4, 0.5) is 4.39 Å². The lowest BCUT2D eigenvalue weighted by Gasteiger charge is -2.35. The van der Waals surface area contributed by atoms with Gasteiger partial charge in [0.15, 0.2) is 0 Å². The van der Waals surface area contributed by atoms with Crippen molar-refractivity contribution in [1.29, 1.82) is 0 Å². The Bertz CT molecular complexity index is 527. The predicted octanol–water partition coefficient (Wildman–Crippen LogP) is 3.11. The van der Waals surface area contributed by atoms with Crippen LogP contribution in [-0.2, 0) is 4.79 Å². The number of rotatable bonds is 3. The summed E-state index contributed by atoms with van der Waals surface area (Å²) in [6.07, 6.45) is 3.28. The number of amides is 1. The number of carbonyl (C=O) groups excluding carboxylic acids is 2. The number of ketones is 1. The third-order valence-corrected chi connectivity index (χ3v) is 3.83. The maximum atomic E-state index is 13.1. The Balaban J connectivity index is 2.22. The second-order valence-electron chi connectivity index (χ2n) is 5.51. The molecule has 1 aromatic carbocycles. The van der Waals surface area contributed by atoms with E-state index in [-0.39, 0.29) is 23.5 Å². The first-order valence-electron chi connectivity index (χ1n) is 7.05. The van der Waals surface area contributed by atoms with Gasteiger partial charge in [-0.25, -0.2) is 4.39 Å². The van der Waals surface area contributed by atoms with Crippen LogP contribution in [0.15, 0.2) is 18.2 Å². The van der Waals surface area contributed by atoms with Crippen molar-refractivity contribution in [2.45, 2.75) is 45.6 Å². The smallest absolute Gasteiger partial charge is 0.254 e. The second-order valence-corrected chi connectivity index (χ2v) is 5.51. The van der Waals surface area contributed by atoms with Crippen LogP contribution >= 0.6 is 0 Å². The number of aryl methyl sites for hydroxylation is 1. The first kappa shape index (κ1) is 14.7. The summed E-state index contributed by atoms with van der Waals surface area (Å²) in [6, 6.07) is 4.20. The molecule has 1 aliphatic heterocycles. The molecular formula is C16H20FNO2.